The van der Waals surface area contributed by atoms with E-state index in [0.29, 0.717) is 5.88 Å². The number of hydrogen-bond acceptors (Lipinski definition) is 1. The van der Waals surface area contributed by atoms with Gasteiger partial charge in [-0.1, -0.05) is 24.3 Å². The lowest BCUT2D eigenvalue weighted by atomic mass is 10.00. The molecule has 0 saturated carbocycles. The van der Waals surface area contributed by atoms with Crippen LogP contribution >= 0.6 is 11.6 Å². The number of fused-ring (bicyclic) bond motifs is 1. The zero-order valence-corrected chi connectivity index (χ0v) is 12.0. The summed E-state index contributed by atoms with van der Waals surface area (Å²) in [6, 6.07) is 8.32. The molecular weight excluding hydrogens is 246 g/mol. The highest BCUT2D eigenvalue weighted by molar-refractivity contribution is 6.18. The molecule has 98 valence electrons. The molecule has 0 heterocycles. The van der Waals surface area contributed by atoms with Gasteiger partial charge in [0.2, 0.25) is 5.91 Å². The second kappa shape index (κ2) is 4.93. The third-order valence-electron chi connectivity index (χ3n) is 3.97. The van der Waals surface area contributed by atoms with Gasteiger partial charge in [0.15, 0.2) is 0 Å². The molecule has 0 bridgehead atoms. The average Bonchev–Trinajstić information content (AvgIpc) is 2.80. The van der Waals surface area contributed by atoms with E-state index >= 15 is 0 Å². The summed E-state index contributed by atoms with van der Waals surface area (Å²) >= 11 is 5.93. The van der Waals surface area contributed by atoms with Crippen molar-refractivity contribution in [3.05, 3.63) is 35.4 Å². The Kier molecular flexibility index (Phi) is 3.67. The van der Waals surface area contributed by atoms with Crippen molar-refractivity contribution in [2.24, 2.45) is 5.92 Å². The lowest BCUT2D eigenvalue weighted by Crippen LogP contribution is -2.49. The molecule has 0 radical (unpaired) electrons. The molecule has 0 saturated heterocycles. The van der Waals surface area contributed by atoms with E-state index in [0.717, 1.165) is 12.8 Å². The fourth-order valence-corrected chi connectivity index (χ4v) is 2.57. The maximum Gasteiger partial charge on any atom is 0.226 e. The number of alkyl halides is 1. The topological polar surface area (TPSA) is 20.3 Å². The molecule has 0 spiro atoms. The summed E-state index contributed by atoms with van der Waals surface area (Å²) in [5.74, 6) is 0.737. The van der Waals surface area contributed by atoms with Crippen molar-refractivity contribution in [3.8, 4) is 0 Å². The van der Waals surface area contributed by atoms with Gasteiger partial charge in [-0.3, -0.25) is 4.79 Å². The van der Waals surface area contributed by atoms with E-state index < -0.39 is 0 Å². The van der Waals surface area contributed by atoms with Gasteiger partial charge < -0.3 is 4.90 Å². The molecular formula is C15H20ClNO. The van der Waals surface area contributed by atoms with E-state index in [1.165, 1.54) is 11.1 Å². The molecule has 0 unspecified atom stereocenters. The van der Waals surface area contributed by atoms with Crippen molar-refractivity contribution in [1.29, 1.82) is 0 Å². The van der Waals surface area contributed by atoms with Gasteiger partial charge in [-0.25, -0.2) is 0 Å². The Morgan fingerprint density at radius 2 is 1.83 bits per heavy atom. The van der Waals surface area contributed by atoms with Crippen molar-refractivity contribution in [3.63, 3.8) is 0 Å². The first-order chi connectivity index (χ1) is 8.45. The highest BCUT2D eigenvalue weighted by Crippen LogP contribution is 2.29. The molecule has 0 fully saturated rings. The Hall–Kier alpha value is -1.02. The van der Waals surface area contributed by atoms with Gasteiger partial charge in [0.1, 0.15) is 0 Å². The number of hydrogen-bond donors (Lipinski definition) is 0. The van der Waals surface area contributed by atoms with Crippen LogP contribution in [0.15, 0.2) is 24.3 Å². The highest BCUT2D eigenvalue weighted by atomic mass is 35.5. The van der Waals surface area contributed by atoms with Gasteiger partial charge in [0.25, 0.3) is 0 Å². The summed E-state index contributed by atoms with van der Waals surface area (Å²) in [5.41, 5.74) is 2.34. The molecule has 2 rings (SSSR count). The fourth-order valence-electron chi connectivity index (χ4n) is 2.40. The van der Waals surface area contributed by atoms with Crippen molar-refractivity contribution >= 4 is 17.5 Å². The quantitative estimate of drug-likeness (QED) is 0.770. The highest BCUT2D eigenvalue weighted by Gasteiger charge is 2.34. The normalized spacial score (nSPS) is 15.6. The van der Waals surface area contributed by atoms with Gasteiger partial charge in [-0.2, -0.15) is 0 Å². The summed E-state index contributed by atoms with van der Waals surface area (Å²) < 4.78 is 0. The lowest BCUT2D eigenvalue weighted by molar-refractivity contribution is -0.138. The Labute approximate surface area is 114 Å². The molecule has 18 heavy (non-hydrogen) atoms. The van der Waals surface area contributed by atoms with Crippen LogP contribution in [0.5, 0.6) is 0 Å². The average molecular weight is 266 g/mol. The van der Waals surface area contributed by atoms with Crippen molar-refractivity contribution in [2.45, 2.75) is 32.2 Å². The zero-order chi connectivity index (χ0) is 13.3. The molecule has 1 aromatic rings. The first-order valence-corrected chi connectivity index (χ1v) is 6.89. The van der Waals surface area contributed by atoms with Crippen LogP contribution in [0, 0.1) is 5.92 Å². The van der Waals surface area contributed by atoms with Crippen LogP contribution in [0.4, 0.5) is 0 Å². The summed E-state index contributed by atoms with van der Waals surface area (Å²) in [7, 11) is 1.85. The van der Waals surface area contributed by atoms with Gasteiger partial charge in [0.05, 0.1) is 5.54 Å². The smallest absolute Gasteiger partial charge is 0.226 e. The molecule has 2 nitrogen and oxygen atoms in total. The predicted octanol–water partition coefficient (Wildman–Crippen LogP) is 2.88. The molecule has 3 heteroatoms. The number of carbonyl (C=O) groups excluding carboxylic acids is 1. The van der Waals surface area contributed by atoms with Crippen molar-refractivity contribution < 1.29 is 4.79 Å². The largest absolute Gasteiger partial charge is 0.339 e. The van der Waals surface area contributed by atoms with Gasteiger partial charge in [-0.05, 0) is 37.8 Å². The Morgan fingerprint density at radius 1 is 1.33 bits per heavy atom. The van der Waals surface area contributed by atoms with Gasteiger partial charge >= 0.3 is 0 Å². The van der Waals surface area contributed by atoms with E-state index in [9.17, 15) is 4.79 Å². The molecule has 0 aliphatic heterocycles. The summed E-state index contributed by atoms with van der Waals surface area (Å²) in [5, 5.41) is 0. The van der Waals surface area contributed by atoms with Crippen LogP contribution in [0.1, 0.15) is 25.0 Å². The van der Waals surface area contributed by atoms with Crippen LogP contribution in [0.2, 0.25) is 0 Å². The number of carbonyl (C=O) groups is 1. The number of nitrogens with zero attached hydrogens (tertiary/aromatic N) is 1. The minimum atomic E-state index is -0.284. The van der Waals surface area contributed by atoms with Crippen LogP contribution in [0.25, 0.3) is 0 Å². The molecule has 0 aromatic heterocycles. The summed E-state index contributed by atoms with van der Waals surface area (Å²) in [4.78, 5) is 14.3. The SMILES string of the molecule is CN(C(=O)C1Cc2ccccc2C1)C(C)(C)CCl. The molecule has 0 N–H and O–H groups in total. The predicted molar refractivity (Wildman–Crippen MR) is 74.9 cm³/mol. The number of halogens is 1. The number of amides is 1. The fraction of sp³-hybridized carbons (Fsp3) is 0.533. The minimum Gasteiger partial charge on any atom is -0.339 e. The van der Waals surface area contributed by atoms with E-state index in [-0.39, 0.29) is 17.4 Å². The van der Waals surface area contributed by atoms with Crippen LogP contribution in [0.3, 0.4) is 0 Å². The maximum atomic E-state index is 12.5. The van der Waals surface area contributed by atoms with Gasteiger partial charge in [-0.15, -0.1) is 11.6 Å². The van der Waals surface area contributed by atoms with E-state index in [1.54, 1.807) is 4.90 Å². The first kappa shape index (κ1) is 13.4. The zero-order valence-electron chi connectivity index (χ0n) is 11.2. The Balaban J connectivity index is 2.10. The lowest BCUT2D eigenvalue weighted by Gasteiger charge is -2.35. The first-order valence-electron chi connectivity index (χ1n) is 6.36. The minimum absolute atomic E-state index is 0.0786. The maximum absolute atomic E-state index is 12.5. The third kappa shape index (κ3) is 2.39. The van der Waals surface area contributed by atoms with Crippen LogP contribution in [-0.2, 0) is 17.6 Å². The Morgan fingerprint density at radius 3 is 2.28 bits per heavy atom. The second-order valence-corrected chi connectivity index (χ2v) is 5.98. The van der Waals surface area contributed by atoms with Crippen LogP contribution in [-0.4, -0.2) is 29.3 Å². The number of rotatable bonds is 3. The van der Waals surface area contributed by atoms with E-state index in [1.807, 2.05) is 33.0 Å². The molecule has 1 amide bonds. The van der Waals surface area contributed by atoms with Crippen molar-refractivity contribution in [1.82, 2.24) is 4.90 Å². The van der Waals surface area contributed by atoms with Gasteiger partial charge in [0, 0.05) is 18.8 Å². The summed E-state index contributed by atoms with van der Waals surface area (Å²) in [6.45, 7) is 4.00. The molecule has 0 atom stereocenters. The molecule has 1 aliphatic rings. The number of benzene rings is 1. The summed E-state index contributed by atoms with van der Waals surface area (Å²) in [6.07, 6.45) is 1.72. The monoisotopic (exact) mass is 265 g/mol. The van der Waals surface area contributed by atoms with E-state index in [2.05, 4.69) is 12.1 Å². The molecule has 1 aromatic carbocycles. The second-order valence-electron chi connectivity index (χ2n) is 5.72. The molecule has 1 aliphatic carbocycles. The standard InChI is InChI=1S/C15H20ClNO/c1-15(2,10-16)17(3)14(18)13-8-11-6-4-5-7-12(11)9-13/h4-7,13H,8-10H2,1-3H3. The van der Waals surface area contributed by atoms with Crippen LogP contribution < -0.4 is 0 Å². The van der Waals surface area contributed by atoms with E-state index in [4.69, 9.17) is 11.6 Å². The third-order valence-corrected chi connectivity index (χ3v) is 4.62. The van der Waals surface area contributed by atoms with Crippen molar-refractivity contribution in [2.75, 3.05) is 12.9 Å². The Bertz CT molecular complexity index is 431.